The van der Waals surface area contributed by atoms with Gasteiger partial charge in [-0.2, -0.15) is 5.10 Å². The van der Waals surface area contributed by atoms with Gasteiger partial charge in [0, 0.05) is 53.7 Å². The summed E-state index contributed by atoms with van der Waals surface area (Å²) in [5.74, 6) is -0.466. The fourth-order valence-corrected chi connectivity index (χ4v) is 5.09. The average molecular weight is 589 g/mol. The third-order valence-corrected chi connectivity index (χ3v) is 7.06. The second-order valence-electron chi connectivity index (χ2n) is 9.98. The van der Waals surface area contributed by atoms with E-state index < -0.39 is 17.9 Å². The first-order valence-electron chi connectivity index (χ1n) is 13.6. The van der Waals surface area contributed by atoms with Crippen LogP contribution in [-0.4, -0.2) is 55.1 Å². The van der Waals surface area contributed by atoms with Crippen LogP contribution in [0.4, 0.5) is 5.69 Å². The number of rotatable bonds is 10. The molecule has 4 rings (SSSR count). The second kappa shape index (κ2) is 13.3. The highest BCUT2D eigenvalue weighted by molar-refractivity contribution is 7.80. The predicted octanol–water partition coefficient (Wildman–Crippen LogP) is 4.05. The number of aryl methyl sites for hydroxylation is 1. The van der Waals surface area contributed by atoms with Crippen molar-refractivity contribution in [3.63, 3.8) is 0 Å². The molecule has 0 bridgehead atoms. The van der Waals surface area contributed by atoms with E-state index in [1.165, 1.54) is 0 Å². The van der Waals surface area contributed by atoms with Crippen LogP contribution in [0.5, 0.6) is 5.75 Å². The summed E-state index contributed by atoms with van der Waals surface area (Å²) in [6.07, 6.45) is 1.62. The highest BCUT2D eigenvalue weighted by atomic mass is 32.1. The van der Waals surface area contributed by atoms with Crippen molar-refractivity contribution < 1.29 is 19.1 Å². The molecule has 0 aliphatic carbocycles. The number of nitrogens with one attached hydrogen (secondary N) is 3. The summed E-state index contributed by atoms with van der Waals surface area (Å²) in [6, 6.07) is 16.9. The smallest absolute Gasteiger partial charge is 0.338 e. The number of nitrogens with zero attached hydrogens (tertiary/aromatic N) is 3. The first-order chi connectivity index (χ1) is 20.1. The summed E-state index contributed by atoms with van der Waals surface area (Å²) in [5, 5.41) is 10.6. The number of para-hydroxylation sites is 1. The van der Waals surface area contributed by atoms with Crippen LogP contribution in [0, 0.1) is 13.8 Å². The molecule has 0 spiro atoms. The van der Waals surface area contributed by atoms with Crippen molar-refractivity contribution in [2.45, 2.75) is 33.7 Å². The maximum absolute atomic E-state index is 12.7. The molecule has 3 N–H and O–H groups in total. The molecule has 2 aromatic carbocycles. The molecule has 1 aliphatic rings. The maximum Gasteiger partial charge on any atom is 0.338 e. The molecule has 0 saturated carbocycles. The summed E-state index contributed by atoms with van der Waals surface area (Å²) in [5.41, 5.74) is 9.27. The molecule has 220 valence electrons. The summed E-state index contributed by atoms with van der Waals surface area (Å²) in [7, 11) is 4.02. The van der Waals surface area contributed by atoms with E-state index in [1.54, 1.807) is 32.2 Å². The van der Waals surface area contributed by atoms with Crippen molar-refractivity contribution in [1.82, 2.24) is 20.6 Å². The second-order valence-corrected chi connectivity index (χ2v) is 10.4. The monoisotopic (exact) mass is 588 g/mol. The molecular formula is C31H36N6O4S. The number of carbonyl (C=O) groups is 2. The van der Waals surface area contributed by atoms with Gasteiger partial charge in [0.15, 0.2) is 11.7 Å². The van der Waals surface area contributed by atoms with E-state index in [-0.39, 0.29) is 13.2 Å². The maximum atomic E-state index is 12.7. The topological polar surface area (TPSA) is 109 Å². The van der Waals surface area contributed by atoms with E-state index in [9.17, 15) is 9.59 Å². The lowest BCUT2D eigenvalue weighted by Crippen LogP contribution is -2.45. The number of hydrogen-bond donors (Lipinski definition) is 3. The van der Waals surface area contributed by atoms with E-state index >= 15 is 0 Å². The van der Waals surface area contributed by atoms with Crippen molar-refractivity contribution in [2.75, 3.05) is 32.2 Å². The Labute approximate surface area is 251 Å². The number of hydrazone groups is 1. The molecule has 10 nitrogen and oxygen atoms in total. The molecule has 1 aliphatic heterocycles. The number of hydrogen-bond acceptors (Lipinski definition) is 7. The van der Waals surface area contributed by atoms with Gasteiger partial charge in [-0.25, -0.2) is 10.2 Å². The Morgan fingerprint density at radius 2 is 1.83 bits per heavy atom. The Balaban J connectivity index is 1.43. The van der Waals surface area contributed by atoms with Crippen LogP contribution in [0.1, 0.15) is 42.4 Å². The highest BCUT2D eigenvalue weighted by Gasteiger charge is 2.32. The van der Waals surface area contributed by atoms with Crippen LogP contribution in [0.3, 0.4) is 0 Å². The van der Waals surface area contributed by atoms with Gasteiger partial charge in [0.05, 0.1) is 24.4 Å². The molecule has 11 heteroatoms. The Bertz CT molecular complexity index is 1540. The fraction of sp³-hybridized carbons (Fsp3) is 0.290. The lowest BCUT2D eigenvalue weighted by atomic mass is 9.95. The lowest BCUT2D eigenvalue weighted by Gasteiger charge is -2.30. The van der Waals surface area contributed by atoms with Crippen molar-refractivity contribution in [3.8, 4) is 11.4 Å². The van der Waals surface area contributed by atoms with E-state index in [0.717, 1.165) is 28.3 Å². The van der Waals surface area contributed by atoms with Crippen LogP contribution < -0.4 is 25.7 Å². The van der Waals surface area contributed by atoms with Crippen LogP contribution >= 0.6 is 12.2 Å². The van der Waals surface area contributed by atoms with Gasteiger partial charge in [-0.1, -0.05) is 18.2 Å². The first-order valence-corrected chi connectivity index (χ1v) is 14.0. The number of allylic oxidation sites excluding steroid dienone is 1. The molecule has 0 saturated heterocycles. The number of anilines is 1. The number of aromatic nitrogens is 1. The zero-order chi connectivity index (χ0) is 30.4. The normalized spacial score (nSPS) is 14.8. The largest absolute Gasteiger partial charge is 0.483 e. The summed E-state index contributed by atoms with van der Waals surface area (Å²) >= 11 is 5.33. The third-order valence-electron chi connectivity index (χ3n) is 6.84. The van der Waals surface area contributed by atoms with Crippen LogP contribution in [0.25, 0.3) is 5.69 Å². The number of thiocarbonyl (C=S) groups is 1. The standard InChI is InChI=1S/C31H36N6O4S/c1-7-40-30(39)28-20(3)33-31(42)34-29(28)25-10-8-9-11-26(25)41-18-27(38)35-32-17-22-16-19(2)37(21(22)4)24-14-12-23(13-15-24)36(5)6/h8-17,29H,7,18H2,1-6H3,(H,35,38)(H2,33,34,42)/t29-/m1/s1. The van der Waals surface area contributed by atoms with Crippen molar-refractivity contribution in [3.05, 3.63) is 88.4 Å². The van der Waals surface area contributed by atoms with Crippen molar-refractivity contribution in [1.29, 1.82) is 0 Å². The molecule has 0 radical (unpaired) electrons. The van der Waals surface area contributed by atoms with E-state index in [1.807, 2.05) is 46.1 Å². The molecule has 3 aromatic rings. The molecule has 2 heterocycles. The van der Waals surface area contributed by atoms with Crippen LogP contribution in [-0.2, 0) is 14.3 Å². The van der Waals surface area contributed by atoms with Gasteiger partial charge >= 0.3 is 5.97 Å². The minimum absolute atomic E-state index is 0.235. The van der Waals surface area contributed by atoms with Gasteiger partial charge in [-0.3, -0.25) is 4.79 Å². The van der Waals surface area contributed by atoms with E-state index in [4.69, 9.17) is 21.7 Å². The zero-order valence-corrected chi connectivity index (χ0v) is 25.5. The summed E-state index contributed by atoms with van der Waals surface area (Å²) < 4.78 is 13.3. The Hall–Kier alpha value is -4.64. The lowest BCUT2D eigenvalue weighted by molar-refractivity contribution is -0.139. The third kappa shape index (κ3) is 6.80. The first kappa shape index (κ1) is 30.3. The Morgan fingerprint density at radius 1 is 1.12 bits per heavy atom. The van der Waals surface area contributed by atoms with Gasteiger partial charge in [0.25, 0.3) is 5.91 Å². The van der Waals surface area contributed by atoms with Crippen molar-refractivity contribution >= 4 is 41.1 Å². The van der Waals surface area contributed by atoms with E-state index in [2.05, 4.69) is 54.9 Å². The van der Waals surface area contributed by atoms with Gasteiger partial charge in [-0.05, 0) is 76.3 Å². The average Bonchev–Trinajstić information content (AvgIpc) is 3.24. The summed E-state index contributed by atoms with van der Waals surface area (Å²) in [4.78, 5) is 27.4. The molecular weight excluding hydrogens is 552 g/mol. The van der Waals surface area contributed by atoms with Gasteiger partial charge < -0.3 is 29.6 Å². The molecule has 42 heavy (non-hydrogen) atoms. The number of benzene rings is 2. The predicted molar refractivity (Wildman–Crippen MR) is 168 cm³/mol. The molecule has 1 aromatic heterocycles. The highest BCUT2D eigenvalue weighted by Crippen LogP contribution is 2.33. The molecule has 0 fully saturated rings. The van der Waals surface area contributed by atoms with Crippen LogP contribution in [0.2, 0.25) is 0 Å². The summed E-state index contributed by atoms with van der Waals surface area (Å²) in [6.45, 7) is 7.51. The van der Waals surface area contributed by atoms with Crippen molar-refractivity contribution in [2.24, 2.45) is 5.10 Å². The fourth-order valence-electron chi connectivity index (χ4n) is 4.82. The zero-order valence-electron chi connectivity index (χ0n) is 24.6. The van der Waals surface area contributed by atoms with Gasteiger partial charge in [-0.15, -0.1) is 0 Å². The van der Waals surface area contributed by atoms with Gasteiger partial charge in [0.2, 0.25) is 0 Å². The molecule has 1 amide bonds. The Kier molecular flexibility index (Phi) is 9.64. The number of amides is 1. The van der Waals surface area contributed by atoms with Crippen LogP contribution in [0.15, 0.2) is 71.0 Å². The quantitative estimate of drug-likeness (QED) is 0.141. The Morgan fingerprint density at radius 3 is 2.52 bits per heavy atom. The van der Waals surface area contributed by atoms with Gasteiger partial charge in [0.1, 0.15) is 5.75 Å². The minimum Gasteiger partial charge on any atom is -0.483 e. The SMILES string of the molecule is CCOC(=O)C1=C(C)NC(=S)N[C@@H]1c1ccccc1OCC(=O)NN=Cc1cc(C)n(-c2ccc(N(C)C)cc2)c1C. The number of ether oxygens (including phenoxy) is 2. The number of esters is 1. The molecule has 1 atom stereocenters. The number of carbonyl (C=O) groups excluding carboxylic acids is 2. The minimum atomic E-state index is -0.607. The van der Waals surface area contributed by atoms with E-state index in [0.29, 0.717) is 27.7 Å². The molecule has 0 unspecified atom stereocenters.